The van der Waals surface area contributed by atoms with Gasteiger partial charge in [0.25, 0.3) is 11.5 Å². The first-order valence-corrected chi connectivity index (χ1v) is 8.70. The van der Waals surface area contributed by atoms with E-state index in [0.29, 0.717) is 29.2 Å². The van der Waals surface area contributed by atoms with Crippen molar-refractivity contribution >= 4 is 17.2 Å². The Hall–Kier alpha value is -2.80. The molecule has 1 aromatic carbocycles. The lowest BCUT2D eigenvalue weighted by Crippen LogP contribution is -2.31. The van der Waals surface area contributed by atoms with E-state index >= 15 is 0 Å². The van der Waals surface area contributed by atoms with Gasteiger partial charge in [0.1, 0.15) is 9.88 Å². The van der Waals surface area contributed by atoms with E-state index in [0.717, 1.165) is 10.6 Å². The van der Waals surface area contributed by atoms with Gasteiger partial charge in [0.15, 0.2) is 0 Å². The van der Waals surface area contributed by atoms with Crippen molar-refractivity contribution in [2.45, 2.75) is 20.4 Å². The molecule has 0 bridgehead atoms. The number of thiazole rings is 1. The fourth-order valence-electron chi connectivity index (χ4n) is 2.40. The average molecular weight is 354 g/mol. The molecule has 0 unspecified atom stereocenters. The number of aromatic nitrogens is 3. The van der Waals surface area contributed by atoms with Crippen molar-refractivity contribution in [3.63, 3.8) is 0 Å². The van der Waals surface area contributed by atoms with Crippen molar-refractivity contribution < 1.29 is 4.79 Å². The summed E-state index contributed by atoms with van der Waals surface area (Å²) in [6.07, 6.45) is 3.01. The molecule has 25 heavy (non-hydrogen) atoms. The second kappa shape index (κ2) is 7.40. The minimum absolute atomic E-state index is 0.0930. The molecule has 2 heterocycles. The standard InChI is InChI=1S/C18H18N4O2S/c1-12-10-19-11-22(18(12)24)9-8-20-16(23)15-13(2)21-17(25-15)14-6-4-3-5-7-14/h3-7,10-11H,8-9H2,1-2H3,(H,20,23). The van der Waals surface area contributed by atoms with Crippen LogP contribution in [0.1, 0.15) is 20.9 Å². The third-order valence-corrected chi connectivity index (χ3v) is 4.94. The zero-order chi connectivity index (χ0) is 17.8. The van der Waals surface area contributed by atoms with Crippen LogP contribution in [0.4, 0.5) is 0 Å². The first kappa shape index (κ1) is 17.0. The highest BCUT2D eigenvalue weighted by Crippen LogP contribution is 2.27. The van der Waals surface area contributed by atoms with E-state index in [-0.39, 0.29) is 11.5 Å². The van der Waals surface area contributed by atoms with Crippen LogP contribution < -0.4 is 10.9 Å². The highest BCUT2D eigenvalue weighted by Gasteiger charge is 2.15. The van der Waals surface area contributed by atoms with Gasteiger partial charge >= 0.3 is 0 Å². The predicted molar refractivity (Wildman–Crippen MR) is 97.9 cm³/mol. The lowest BCUT2D eigenvalue weighted by Gasteiger charge is -2.07. The van der Waals surface area contributed by atoms with E-state index in [4.69, 9.17) is 0 Å². The second-order valence-corrected chi connectivity index (χ2v) is 6.63. The molecule has 1 N–H and O–H groups in total. The van der Waals surface area contributed by atoms with Gasteiger partial charge in [-0.25, -0.2) is 9.97 Å². The Morgan fingerprint density at radius 3 is 2.76 bits per heavy atom. The van der Waals surface area contributed by atoms with Gasteiger partial charge in [-0.3, -0.25) is 14.2 Å². The van der Waals surface area contributed by atoms with Crippen molar-refractivity contribution in [3.8, 4) is 10.6 Å². The zero-order valence-electron chi connectivity index (χ0n) is 14.0. The molecule has 0 saturated carbocycles. The number of carbonyl (C=O) groups excluding carboxylic acids is 1. The van der Waals surface area contributed by atoms with Crippen LogP contribution >= 0.6 is 11.3 Å². The van der Waals surface area contributed by atoms with Crippen LogP contribution in [0.5, 0.6) is 0 Å². The van der Waals surface area contributed by atoms with Crippen molar-refractivity contribution in [1.29, 1.82) is 0 Å². The molecule has 0 saturated heterocycles. The van der Waals surface area contributed by atoms with Gasteiger partial charge in [0.2, 0.25) is 0 Å². The maximum absolute atomic E-state index is 12.4. The largest absolute Gasteiger partial charge is 0.349 e. The van der Waals surface area contributed by atoms with Crippen molar-refractivity contribution in [2.75, 3.05) is 6.54 Å². The molecular formula is C18H18N4O2S. The number of carbonyl (C=O) groups is 1. The highest BCUT2D eigenvalue weighted by atomic mass is 32.1. The fourth-order valence-corrected chi connectivity index (χ4v) is 3.39. The Morgan fingerprint density at radius 1 is 1.24 bits per heavy atom. The Bertz CT molecular complexity index is 947. The molecule has 0 radical (unpaired) electrons. The summed E-state index contributed by atoms with van der Waals surface area (Å²) in [6, 6.07) is 9.77. The Labute approximate surface area is 149 Å². The van der Waals surface area contributed by atoms with Gasteiger partial charge in [0.05, 0.1) is 12.0 Å². The van der Waals surface area contributed by atoms with Gasteiger partial charge in [-0.05, 0) is 13.8 Å². The van der Waals surface area contributed by atoms with Gasteiger partial charge in [-0.15, -0.1) is 11.3 Å². The normalized spacial score (nSPS) is 10.6. The Kier molecular flexibility index (Phi) is 5.04. The van der Waals surface area contributed by atoms with Crippen LogP contribution in [0.25, 0.3) is 10.6 Å². The van der Waals surface area contributed by atoms with E-state index in [1.54, 1.807) is 6.92 Å². The van der Waals surface area contributed by atoms with Crippen LogP contribution in [-0.2, 0) is 6.54 Å². The molecule has 0 fully saturated rings. The van der Waals surface area contributed by atoms with Gasteiger partial charge < -0.3 is 5.32 Å². The third kappa shape index (κ3) is 3.83. The highest BCUT2D eigenvalue weighted by molar-refractivity contribution is 7.17. The van der Waals surface area contributed by atoms with Crippen LogP contribution in [-0.4, -0.2) is 27.0 Å². The number of aryl methyl sites for hydroxylation is 2. The van der Waals surface area contributed by atoms with Crippen LogP contribution in [0, 0.1) is 13.8 Å². The SMILES string of the molecule is Cc1nc(-c2ccccc2)sc1C(=O)NCCn1cncc(C)c1=O. The molecule has 128 valence electrons. The summed E-state index contributed by atoms with van der Waals surface area (Å²) in [5, 5.41) is 3.67. The number of nitrogens with one attached hydrogen (secondary N) is 1. The van der Waals surface area contributed by atoms with Crippen molar-refractivity contribution in [1.82, 2.24) is 19.9 Å². The molecule has 0 aliphatic carbocycles. The summed E-state index contributed by atoms with van der Waals surface area (Å²) in [5.74, 6) is -0.175. The minimum atomic E-state index is -0.175. The number of rotatable bonds is 5. The average Bonchev–Trinajstić information content (AvgIpc) is 3.01. The fraction of sp³-hybridized carbons (Fsp3) is 0.222. The third-order valence-electron chi connectivity index (χ3n) is 3.73. The van der Waals surface area contributed by atoms with Crippen molar-refractivity contribution in [2.24, 2.45) is 0 Å². The molecule has 2 aromatic heterocycles. The van der Waals surface area contributed by atoms with E-state index in [1.807, 2.05) is 37.3 Å². The molecule has 0 aliphatic rings. The number of amides is 1. The molecule has 1 amide bonds. The first-order chi connectivity index (χ1) is 12.1. The van der Waals surface area contributed by atoms with Crippen LogP contribution in [0.3, 0.4) is 0 Å². The molecule has 0 atom stereocenters. The Morgan fingerprint density at radius 2 is 2.00 bits per heavy atom. The number of hydrogen-bond donors (Lipinski definition) is 1. The van der Waals surface area contributed by atoms with Crippen LogP contribution in [0.15, 0.2) is 47.7 Å². The number of nitrogens with zero attached hydrogens (tertiary/aromatic N) is 3. The topological polar surface area (TPSA) is 76.9 Å². The Balaban J connectivity index is 1.67. The van der Waals surface area contributed by atoms with E-state index in [9.17, 15) is 9.59 Å². The zero-order valence-corrected chi connectivity index (χ0v) is 14.8. The lowest BCUT2D eigenvalue weighted by molar-refractivity contribution is 0.0955. The van der Waals surface area contributed by atoms with Gasteiger partial charge in [0, 0.05) is 30.4 Å². The monoisotopic (exact) mass is 354 g/mol. The maximum Gasteiger partial charge on any atom is 0.263 e. The predicted octanol–water partition coefficient (Wildman–Crippen LogP) is 2.41. The molecule has 0 spiro atoms. The van der Waals surface area contributed by atoms with Gasteiger partial charge in [-0.2, -0.15) is 0 Å². The lowest BCUT2D eigenvalue weighted by atomic mass is 10.2. The van der Waals surface area contributed by atoms with E-state index in [2.05, 4.69) is 15.3 Å². The smallest absolute Gasteiger partial charge is 0.263 e. The van der Waals surface area contributed by atoms with E-state index in [1.165, 1.54) is 28.4 Å². The molecule has 6 nitrogen and oxygen atoms in total. The van der Waals surface area contributed by atoms with Crippen molar-refractivity contribution in [3.05, 3.63) is 69.3 Å². The molecule has 7 heteroatoms. The molecule has 0 aliphatic heterocycles. The summed E-state index contributed by atoms with van der Waals surface area (Å²) >= 11 is 1.37. The second-order valence-electron chi connectivity index (χ2n) is 5.63. The van der Waals surface area contributed by atoms with E-state index < -0.39 is 0 Å². The summed E-state index contributed by atoms with van der Waals surface area (Å²) < 4.78 is 1.49. The summed E-state index contributed by atoms with van der Waals surface area (Å²) in [4.78, 5) is 33.4. The molecule has 3 aromatic rings. The number of benzene rings is 1. The summed E-state index contributed by atoms with van der Waals surface area (Å²) in [6.45, 7) is 4.27. The maximum atomic E-state index is 12.4. The summed E-state index contributed by atoms with van der Waals surface area (Å²) in [5.41, 5.74) is 2.19. The minimum Gasteiger partial charge on any atom is -0.349 e. The molecular weight excluding hydrogens is 336 g/mol. The quantitative estimate of drug-likeness (QED) is 0.763. The number of hydrogen-bond acceptors (Lipinski definition) is 5. The summed E-state index contributed by atoms with van der Waals surface area (Å²) in [7, 11) is 0. The molecule has 3 rings (SSSR count). The first-order valence-electron chi connectivity index (χ1n) is 7.88. The van der Waals surface area contributed by atoms with Crippen LogP contribution in [0.2, 0.25) is 0 Å². The van der Waals surface area contributed by atoms with Gasteiger partial charge in [-0.1, -0.05) is 30.3 Å².